The van der Waals surface area contributed by atoms with Crippen LogP contribution < -0.4 is 4.52 Å². The van der Waals surface area contributed by atoms with Crippen LogP contribution in [0, 0.1) is 0 Å². The first kappa shape index (κ1) is 15.6. The molecule has 2 aromatic rings. The summed E-state index contributed by atoms with van der Waals surface area (Å²) in [6, 6.07) is 6.39. The molecule has 0 saturated carbocycles. The predicted molar refractivity (Wildman–Crippen MR) is 84.9 cm³/mol. The van der Waals surface area contributed by atoms with Crippen LogP contribution in [0.25, 0.3) is 10.9 Å². The summed E-state index contributed by atoms with van der Waals surface area (Å²) in [6.07, 6.45) is 3.93. The van der Waals surface area contributed by atoms with Crippen LogP contribution in [-0.2, 0) is 11.0 Å². The molecule has 2 heterocycles. The van der Waals surface area contributed by atoms with Gasteiger partial charge in [-0.25, -0.2) is 4.57 Å². The fraction of sp³-hybridized carbons (Fsp3) is 0.467. The van der Waals surface area contributed by atoms with Crippen LogP contribution in [-0.4, -0.2) is 38.3 Å². The van der Waals surface area contributed by atoms with Crippen molar-refractivity contribution in [3.8, 4) is 5.75 Å². The molecule has 2 unspecified atom stereocenters. The summed E-state index contributed by atoms with van der Waals surface area (Å²) in [7, 11) is -4.56. The Morgan fingerprint density at radius 3 is 2.73 bits per heavy atom. The van der Waals surface area contributed by atoms with E-state index in [0.29, 0.717) is 12.1 Å². The number of hydrogen-bond donors (Lipinski definition) is 3. The quantitative estimate of drug-likeness (QED) is 0.736. The Kier molecular flexibility index (Phi) is 4.03. The van der Waals surface area contributed by atoms with Gasteiger partial charge in [0.1, 0.15) is 5.75 Å². The number of aromatic amines is 1. The zero-order chi connectivity index (χ0) is 15.9. The van der Waals surface area contributed by atoms with Gasteiger partial charge in [-0.1, -0.05) is 6.07 Å². The number of phosphoric ester groups is 1. The lowest BCUT2D eigenvalue weighted by molar-refractivity contribution is 0.0396. The molecule has 1 fully saturated rings. The van der Waals surface area contributed by atoms with Gasteiger partial charge in [-0.2, -0.15) is 0 Å². The van der Waals surface area contributed by atoms with Gasteiger partial charge in [0.05, 0.1) is 0 Å². The highest BCUT2D eigenvalue weighted by molar-refractivity contribution is 7.46. The SMILES string of the molecule is CC1CC(C)N1CCc1c[nH]c2cccc(OP(=O)(O)O)c12. The fourth-order valence-electron chi connectivity index (χ4n) is 3.37. The molecule has 0 bridgehead atoms. The monoisotopic (exact) mass is 324 g/mol. The highest BCUT2D eigenvalue weighted by Gasteiger charge is 2.31. The van der Waals surface area contributed by atoms with Crippen molar-refractivity contribution in [3.63, 3.8) is 0 Å². The number of rotatable bonds is 5. The first-order valence-corrected chi connectivity index (χ1v) is 8.98. The highest BCUT2D eigenvalue weighted by Crippen LogP contribution is 2.41. The average molecular weight is 324 g/mol. The largest absolute Gasteiger partial charge is 0.524 e. The Labute approximate surface area is 129 Å². The van der Waals surface area contributed by atoms with Gasteiger partial charge in [-0.3, -0.25) is 14.7 Å². The number of benzene rings is 1. The molecule has 0 amide bonds. The molecule has 3 N–H and O–H groups in total. The van der Waals surface area contributed by atoms with Crippen LogP contribution in [0.2, 0.25) is 0 Å². The summed E-state index contributed by atoms with van der Waals surface area (Å²) in [4.78, 5) is 23.7. The molecule has 1 aliphatic heterocycles. The third-order valence-corrected chi connectivity index (χ3v) is 4.85. The molecule has 2 atom stereocenters. The van der Waals surface area contributed by atoms with E-state index in [1.165, 1.54) is 6.42 Å². The van der Waals surface area contributed by atoms with Gasteiger partial charge < -0.3 is 9.51 Å². The number of nitrogens with zero attached hydrogens (tertiary/aromatic N) is 1. The van der Waals surface area contributed by atoms with Crippen molar-refractivity contribution >= 4 is 18.7 Å². The molecule has 6 nitrogen and oxygen atoms in total. The molecule has 1 aromatic heterocycles. The Hall–Kier alpha value is -1.33. The van der Waals surface area contributed by atoms with E-state index in [1.54, 1.807) is 12.1 Å². The summed E-state index contributed by atoms with van der Waals surface area (Å²) >= 11 is 0. The molecule has 1 aliphatic rings. The molecule has 22 heavy (non-hydrogen) atoms. The van der Waals surface area contributed by atoms with Crippen molar-refractivity contribution in [3.05, 3.63) is 30.0 Å². The molecule has 1 aromatic carbocycles. The number of nitrogens with one attached hydrogen (secondary N) is 1. The summed E-state index contributed by atoms with van der Waals surface area (Å²) < 4.78 is 16.0. The van der Waals surface area contributed by atoms with Gasteiger partial charge in [0.2, 0.25) is 0 Å². The lowest BCUT2D eigenvalue weighted by Crippen LogP contribution is -2.53. The van der Waals surface area contributed by atoms with E-state index in [-0.39, 0.29) is 5.75 Å². The number of phosphoric acid groups is 1. The number of likely N-dealkylation sites (tertiary alicyclic amines) is 1. The van der Waals surface area contributed by atoms with Gasteiger partial charge in [-0.15, -0.1) is 0 Å². The predicted octanol–water partition coefficient (Wildman–Crippen LogP) is 2.66. The van der Waals surface area contributed by atoms with E-state index in [2.05, 4.69) is 23.7 Å². The summed E-state index contributed by atoms with van der Waals surface area (Å²) in [5.74, 6) is 0.229. The van der Waals surface area contributed by atoms with Crippen molar-refractivity contribution in [2.24, 2.45) is 0 Å². The first-order valence-electron chi connectivity index (χ1n) is 7.45. The van der Waals surface area contributed by atoms with Gasteiger partial charge in [0.15, 0.2) is 0 Å². The summed E-state index contributed by atoms with van der Waals surface area (Å²) in [5.41, 5.74) is 1.84. The molecule has 3 rings (SSSR count). The number of H-pyrrole nitrogens is 1. The zero-order valence-corrected chi connectivity index (χ0v) is 13.6. The Balaban J connectivity index is 1.85. The van der Waals surface area contributed by atoms with Gasteiger partial charge in [0, 0.05) is 35.7 Å². The first-order chi connectivity index (χ1) is 10.3. The smallest absolute Gasteiger partial charge is 0.404 e. The van der Waals surface area contributed by atoms with Crippen LogP contribution >= 0.6 is 7.82 Å². The lowest BCUT2D eigenvalue weighted by atomic mass is 9.95. The Morgan fingerprint density at radius 2 is 2.09 bits per heavy atom. The average Bonchev–Trinajstić information content (AvgIpc) is 2.81. The number of aromatic nitrogens is 1. The second-order valence-corrected chi connectivity index (χ2v) is 7.16. The minimum Gasteiger partial charge on any atom is -0.404 e. The second kappa shape index (κ2) is 5.70. The second-order valence-electron chi connectivity index (χ2n) is 6.00. The maximum absolute atomic E-state index is 11.1. The maximum atomic E-state index is 11.1. The van der Waals surface area contributed by atoms with Crippen LogP contribution in [0.15, 0.2) is 24.4 Å². The van der Waals surface area contributed by atoms with E-state index in [0.717, 1.165) is 29.4 Å². The maximum Gasteiger partial charge on any atom is 0.524 e. The van der Waals surface area contributed by atoms with E-state index < -0.39 is 7.82 Å². The van der Waals surface area contributed by atoms with Gasteiger partial charge >= 0.3 is 7.82 Å². The van der Waals surface area contributed by atoms with Crippen molar-refractivity contribution < 1.29 is 18.9 Å². The normalized spacial score (nSPS) is 22.7. The Bertz CT molecular complexity index is 715. The molecule has 7 heteroatoms. The van der Waals surface area contributed by atoms with E-state index in [9.17, 15) is 4.57 Å². The molecular weight excluding hydrogens is 303 g/mol. The van der Waals surface area contributed by atoms with Crippen LogP contribution in [0.5, 0.6) is 5.75 Å². The van der Waals surface area contributed by atoms with Crippen LogP contribution in [0.4, 0.5) is 0 Å². The van der Waals surface area contributed by atoms with Crippen molar-refractivity contribution in [1.82, 2.24) is 9.88 Å². The molecule has 0 radical (unpaired) electrons. The Morgan fingerprint density at radius 1 is 1.36 bits per heavy atom. The lowest BCUT2D eigenvalue weighted by Gasteiger charge is -2.45. The topological polar surface area (TPSA) is 85.8 Å². The third-order valence-electron chi connectivity index (χ3n) is 4.42. The van der Waals surface area contributed by atoms with Gasteiger partial charge in [0.25, 0.3) is 0 Å². The van der Waals surface area contributed by atoms with E-state index >= 15 is 0 Å². The molecule has 0 spiro atoms. The molecule has 0 aliphatic carbocycles. The van der Waals surface area contributed by atoms with Crippen LogP contribution in [0.1, 0.15) is 25.8 Å². The number of hydrogen-bond acceptors (Lipinski definition) is 3. The van der Waals surface area contributed by atoms with Crippen molar-refractivity contribution in [2.75, 3.05) is 6.54 Å². The third kappa shape index (κ3) is 3.06. The standard InChI is InChI=1S/C15H21N2O4P/c1-10-8-11(2)17(10)7-6-12-9-16-13-4-3-5-14(15(12)13)21-22(18,19)20/h3-5,9-11,16H,6-8H2,1-2H3,(H2,18,19,20). The van der Waals surface area contributed by atoms with Crippen LogP contribution in [0.3, 0.4) is 0 Å². The summed E-state index contributed by atoms with van der Waals surface area (Å²) in [6.45, 7) is 5.37. The molecule has 1 saturated heterocycles. The van der Waals surface area contributed by atoms with E-state index in [1.807, 2.05) is 12.3 Å². The summed E-state index contributed by atoms with van der Waals surface area (Å²) in [5, 5.41) is 0.756. The molecule has 120 valence electrons. The zero-order valence-electron chi connectivity index (χ0n) is 12.7. The van der Waals surface area contributed by atoms with E-state index in [4.69, 9.17) is 14.3 Å². The number of fused-ring (bicyclic) bond motifs is 1. The minimum absolute atomic E-state index is 0.229. The highest BCUT2D eigenvalue weighted by atomic mass is 31.2. The van der Waals surface area contributed by atoms with Crippen molar-refractivity contribution in [1.29, 1.82) is 0 Å². The fourth-order valence-corrected chi connectivity index (χ4v) is 3.78. The minimum atomic E-state index is -4.56. The molecular formula is C15H21N2O4P. The van der Waals surface area contributed by atoms with Crippen molar-refractivity contribution in [2.45, 2.75) is 38.8 Å². The van der Waals surface area contributed by atoms with Gasteiger partial charge in [-0.05, 0) is 44.4 Å².